The molecule has 5 rings (SSSR count). The Kier molecular flexibility index (Phi) is 4.42. The number of nitrogens with zero attached hydrogens (tertiary/aromatic N) is 3. The van der Waals surface area contributed by atoms with Gasteiger partial charge in [0.1, 0.15) is 11.6 Å². The summed E-state index contributed by atoms with van der Waals surface area (Å²) >= 11 is 0. The monoisotopic (exact) mass is 400 g/mol. The molecular weight excluding hydrogens is 376 g/mol. The van der Waals surface area contributed by atoms with E-state index < -0.39 is 6.04 Å². The molecule has 0 aliphatic heterocycles. The van der Waals surface area contributed by atoms with E-state index in [1.807, 2.05) is 47.9 Å². The predicted molar refractivity (Wildman–Crippen MR) is 117 cm³/mol. The van der Waals surface area contributed by atoms with Crippen molar-refractivity contribution in [3.05, 3.63) is 76.2 Å². The fourth-order valence-electron chi connectivity index (χ4n) is 4.70. The van der Waals surface area contributed by atoms with Gasteiger partial charge in [0, 0.05) is 17.8 Å². The van der Waals surface area contributed by atoms with E-state index in [0.717, 1.165) is 35.6 Å². The van der Waals surface area contributed by atoms with E-state index >= 15 is 0 Å². The highest BCUT2D eigenvalue weighted by molar-refractivity contribution is 6.08. The molecule has 1 N–H and O–H groups in total. The van der Waals surface area contributed by atoms with Gasteiger partial charge in [-0.3, -0.25) is 9.59 Å². The van der Waals surface area contributed by atoms with Gasteiger partial charge >= 0.3 is 0 Å². The highest BCUT2D eigenvalue weighted by atomic mass is 16.2. The van der Waals surface area contributed by atoms with Gasteiger partial charge in [-0.15, -0.1) is 0 Å². The minimum absolute atomic E-state index is 0.00231. The van der Waals surface area contributed by atoms with Gasteiger partial charge in [-0.05, 0) is 43.4 Å². The number of benzene rings is 2. The summed E-state index contributed by atoms with van der Waals surface area (Å²) in [5.74, 6) is -0.0850. The van der Waals surface area contributed by atoms with Crippen molar-refractivity contribution in [2.45, 2.75) is 38.3 Å². The number of para-hydroxylation sites is 1. The predicted octanol–water partition coefficient (Wildman–Crippen LogP) is 3.64. The number of amides is 1. The van der Waals surface area contributed by atoms with Crippen LogP contribution in [0, 0.1) is 0 Å². The van der Waals surface area contributed by atoms with Gasteiger partial charge in [0.25, 0.3) is 5.56 Å². The van der Waals surface area contributed by atoms with Crippen molar-refractivity contribution in [3.8, 4) is 0 Å². The Morgan fingerprint density at radius 1 is 1.13 bits per heavy atom. The van der Waals surface area contributed by atoms with Crippen LogP contribution in [0.3, 0.4) is 0 Å². The van der Waals surface area contributed by atoms with Crippen molar-refractivity contribution in [2.24, 2.45) is 7.05 Å². The first-order valence-electron chi connectivity index (χ1n) is 10.4. The van der Waals surface area contributed by atoms with Crippen LogP contribution in [0.4, 0.5) is 0 Å². The Morgan fingerprint density at radius 2 is 1.90 bits per heavy atom. The van der Waals surface area contributed by atoms with Crippen molar-refractivity contribution in [3.63, 3.8) is 0 Å². The first-order valence-corrected chi connectivity index (χ1v) is 10.4. The Balaban J connectivity index is 1.58. The average molecular weight is 400 g/mol. The van der Waals surface area contributed by atoms with Crippen molar-refractivity contribution in [2.75, 3.05) is 0 Å². The van der Waals surface area contributed by atoms with E-state index in [9.17, 15) is 9.59 Å². The number of carbonyl (C=O) groups excluding carboxylic acids is 1. The Hall–Kier alpha value is -3.41. The molecule has 6 heteroatoms. The van der Waals surface area contributed by atoms with Crippen LogP contribution >= 0.6 is 0 Å². The Morgan fingerprint density at radius 3 is 2.77 bits per heavy atom. The van der Waals surface area contributed by atoms with Gasteiger partial charge in [0.15, 0.2) is 0 Å². The molecule has 0 saturated carbocycles. The van der Waals surface area contributed by atoms with Crippen molar-refractivity contribution in [1.29, 1.82) is 0 Å². The minimum Gasteiger partial charge on any atom is -0.347 e. The normalized spacial score (nSPS) is 17.1. The molecule has 2 heterocycles. The molecule has 2 atom stereocenters. The van der Waals surface area contributed by atoms with Gasteiger partial charge < -0.3 is 9.88 Å². The first-order chi connectivity index (χ1) is 14.6. The zero-order valence-electron chi connectivity index (χ0n) is 17.1. The third kappa shape index (κ3) is 2.83. The molecule has 2 aromatic heterocycles. The van der Waals surface area contributed by atoms with Crippen LogP contribution < -0.4 is 10.9 Å². The summed E-state index contributed by atoms with van der Waals surface area (Å²) < 4.78 is 3.18. The maximum Gasteiger partial charge on any atom is 0.291 e. The Bertz CT molecular complexity index is 1330. The van der Waals surface area contributed by atoms with Gasteiger partial charge in [0.2, 0.25) is 5.91 Å². The van der Waals surface area contributed by atoms with Gasteiger partial charge in [-0.1, -0.05) is 42.5 Å². The first kappa shape index (κ1) is 18.6. The summed E-state index contributed by atoms with van der Waals surface area (Å²) in [7, 11) is 1.63. The fourth-order valence-corrected chi connectivity index (χ4v) is 4.70. The largest absolute Gasteiger partial charge is 0.347 e. The molecule has 30 heavy (non-hydrogen) atoms. The fraction of sp³-hybridized carbons (Fsp3) is 0.292. The molecule has 2 aromatic carbocycles. The zero-order valence-corrected chi connectivity index (χ0v) is 17.1. The van der Waals surface area contributed by atoms with Gasteiger partial charge in [0.05, 0.1) is 17.8 Å². The smallest absolute Gasteiger partial charge is 0.291 e. The van der Waals surface area contributed by atoms with Crippen LogP contribution in [-0.2, 0) is 18.3 Å². The number of nitrogens with one attached hydrogen (secondary N) is 1. The minimum atomic E-state index is -0.531. The number of hydrogen-bond acceptors (Lipinski definition) is 3. The van der Waals surface area contributed by atoms with Crippen molar-refractivity contribution in [1.82, 2.24) is 19.7 Å². The molecule has 0 fully saturated rings. The topological polar surface area (TPSA) is 68.9 Å². The lowest BCUT2D eigenvalue weighted by molar-refractivity contribution is -0.124. The second kappa shape index (κ2) is 7.13. The van der Waals surface area contributed by atoms with E-state index in [1.54, 1.807) is 13.2 Å². The summed E-state index contributed by atoms with van der Waals surface area (Å²) in [5.41, 5.74) is 3.68. The van der Waals surface area contributed by atoms with Crippen LogP contribution in [0.2, 0.25) is 0 Å². The summed E-state index contributed by atoms with van der Waals surface area (Å²) in [6.07, 6.45) is 4.73. The molecule has 0 saturated heterocycles. The van der Waals surface area contributed by atoms with E-state index in [4.69, 9.17) is 0 Å². The molecule has 152 valence electrons. The lowest BCUT2D eigenvalue weighted by atomic mass is 9.87. The molecule has 4 aromatic rings. The van der Waals surface area contributed by atoms with Crippen molar-refractivity contribution < 1.29 is 4.79 Å². The highest BCUT2D eigenvalue weighted by Crippen LogP contribution is 2.32. The number of aromatic nitrogens is 3. The molecule has 1 aliphatic rings. The maximum atomic E-state index is 13.3. The molecule has 1 aliphatic carbocycles. The third-order valence-corrected chi connectivity index (χ3v) is 6.26. The van der Waals surface area contributed by atoms with E-state index in [-0.39, 0.29) is 17.5 Å². The van der Waals surface area contributed by atoms with Crippen LogP contribution in [0.1, 0.15) is 43.0 Å². The molecule has 0 radical (unpaired) electrons. The highest BCUT2D eigenvalue weighted by Gasteiger charge is 2.27. The Labute approximate surface area is 174 Å². The van der Waals surface area contributed by atoms with Crippen LogP contribution in [-0.4, -0.2) is 20.3 Å². The van der Waals surface area contributed by atoms with Crippen molar-refractivity contribution >= 4 is 27.7 Å². The third-order valence-electron chi connectivity index (χ3n) is 6.26. The standard InChI is InChI=1S/C24H24N4O2/c1-15(23(29)26-20-12-7-9-16-8-3-4-10-17(16)20)28-21-13-6-5-11-18(21)19-14-25-27(2)24(30)22(19)28/h3-6,8,10-11,13-15,20H,7,9,12H2,1-2H3,(H,26,29)/t15-,20+/m0/s1. The summed E-state index contributed by atoms with van der Waals surface area (Å²) in [4.78, 5) is 26.3. The van der Waals surface area contributed by atoms with Crippen LogP contribution in [0.25, 0.3) is 21.8 Å². The number of rotatable bonds is 3. The maximum absolute atomic E-state index is 13.3. The van der Waals surface area contributed by atoms with E-state index in [0.29, 0.717) is 5.52 Å². The molecule has 0 spiro atoms. The number of hydrogen-bond donors (Lipinski definition) is 1. The van der Waals surface area contributed by atoms with Gasteiger partial charge in [-0.2, -0.15) is 5.10 Å². The lowest BCUT2D eigenvalue weighted by Crippen LogP contribution is -2.36. The summed E-state index contributed by atoms with van der Waals surface area (Å²) in [6, 6.07) is 15.6. The quantitative estimate of drug-likeness (QED) is 0.571. The second-order valence-corrected chi connectivity index (χ2v) is 8.05. The zero-order chi connectivity index (χ0) is 20.8. The van der Waals surface area contributed by atoms with E-state index in [1.165, 1.54) is 15.8 Å². The molecular formula is C24H24N4O2. The van der Waals surface area contributed by atoms with E-state index in [2.05, 4.69) is 22.5 Å². The number of carbonyl (C=O) groups is 1. The van der Waals surface area contributed by atoms with Crippen LogP contribution in [0.15, 0.2) is 59.5 Å². The summed E-state index contributed by atoms with van der Waals surface area (Å²) in [6.45, 7) is 1.86. The molecule has 0 unspecified atom stereocenters. The number of aryl methyl sites for hydroxylation is 2. The second-order valence-electron chi connectivity index (χ2n) is 8.05. The molecule has 0 bridgehead atoms. The molecule has 6 nitrogen and oxygen atoms in total. The summed E-state index contributed by atoms with van der Waals surface area (Å²) in [5, 5.41) is 9.13. The average Bonchev–Trinajstić information content (AvgIpc) is 3.11. The SMILES string of the molecule is C[C@@H](C(=O)N[C@@H]1CCCc2ccccc21)n1c2ccccc2c2cnn(C)c(=O)c21. The van der Waals surface area contributed by atoms with Gasteiger partial charge in [-0.25, -0.2) is 4.68 Å². The number of fused-ring (bicyclic) bond motifs is 4. The molecule has 1 amide bonds. The lowest BCUT2D eigenvalue weighted by Gasteiger charge is -2.28. The van der Waals surface area contributed by atoms with Crippen LogP contribution in [0.5, 0.6) is 0 Å².